The van der Waals surface area contributed by atoms with Crippen molar-refractivity contribution in [1.29, 1.82) is 5.26 Å². The van der Waals surface area contributed by atoms with Gasteiger partial charge in [0, 0.05) is 25.7 Å². The number of nitriles is 1. The maximum Gasteiger partial charge on any atom is 0.174 e. The van der Waals surface area contributed by atoms with E-state index in [2.05, 4.69) is 36.6 Å². The molecule has 0 amide bonds. The molecule has 0 radical (unpaired) electrons. The molecule has 1 aliphatic rings. The number of nitrogens with one attached hydrogen (secondary N) is 1. The van der Waals surface area contributed by atoms with Crippen molar-refractivity contribution in [2.75, 3.05) is 18.0 Å². The lowest BCUT2D eigenvalue weighted by Crippen LogP contribution is -2.35. The van der Waals surface area contributed by atoms with Gasteiger partial charge in [0.05, 0.1) is 5.56 Å². The summed E-state index contributed by atoms with van der Waals surface area (Å²) in [5.74, 6) is 2.14. The monoisotopic (exact) mass is 269 g/mol. The average Bonchev–Trinajstić information content (AvgIpc) is 3.01. The van der Waals surface area contributed by atoms with Crippen LogP contribution in [0.4, 0.5) is 5.82 Å². The zero-order valence-electron chi connectivity index (χ0n) is 11.0. The van der Waals surface area contributed by atoms with Crippen molar-refractivity contribution < 1.29 is 0 Å². The average molecular weight is 269 g/mol. The van der Waals surface area contributed by atoms with E-state index in [9.17, 15) is 0 Å². The molecule has 7 nitrogen and oxygen atoms in total. The summed E-state index contributed by atoms with van der Waals surface area (Å²) in [6, 6.07) is 5.81. The fraction of sp³-hybridized carbons (Fsp3) is 0.462. The van der Waals surface area contributed by atoms with Crippen LogP contribution in [0, 0.1) is 17.2 Å². The van der Waals surface area contributed by atoms with Gasteiger partial charge in [-0.15, -0.1) is 10.2 Å². The number of aromatic amines is 1. The molecule has 1 saturated heterocycles. The minimum atomic E-state index is 0.568. The summed E-state index contributed by atoms with van der Waals surface area (Å²) in [5.41, 5.74) is 0.643. The normalized spacial score (nSPS) is 16.1. The molecule has 0 aliphatic carbocycles. The van der Waals surface area contributed by atoms with Crippen molar-refractivity contribution in [3.63, 3.8) is 0 Å². The van der Waals surface area contributed by atoms with E-state index >= 15 is 0 Å². The third kappa shape index (κ3) is 2.59. The molecular formula is C13H15N7. The predicted molar refractivity (Wildman–Crippen MR) is 71.8 cm³/mol. The largest absolute Gasteiger partial charge is 0.356 e. The Bertz CT molecular complexity index is 593. The van der Waals surface area contributed by atoms with Crippen molar-refractivity contribution in [2.45, 2.75) is 19.3 Å². The van der Waals surface area contributed by atoms with Gasteiger partial charge < -0.3 is 4.90 Å². The molecule has 3 heterocycles. The number of nitrogens with zero attached hydrogens (tertiary/aromatic N) is 6. The molecule has 1 N–H and O–H groups in total. The molecule has 3 rings (SSSR count). The summed E-state index contributed by atoms with van der Waals surface area (Å²) in [4.78, 5) is 6.52. The number of aromatic nitrogens is 5. The number of anilines is 1. The van der Waals surface area contributed by atoms with Crippen LogP contribution in [0.1, 0.15) is 24.2 Å². The Morgan fingerprint density at radius 3 is 2.95 bits per heavy atom. The first kappa shape index (κ1) is 12.5. The summed E-state index contributed by atoms with van der Waals surface area (Å²) in [6.07, 6.45) is 4.70. The quantitative estimate of drug-likeness (QED) is 0.890. The maximum atomic E-state index is 9.13. The Morgan fingerprint density at radius 1 is 1.40 bits per heavy atom. The number of piperidine rings is 1. The zero-order chi connectivity index (χ0) is 13.8. The minimum Gasteiger partial charge on any atom is -0.356 e. The van der Waals surface area contributed by atoms with Crippen LogP contribution in [0.25, 0.3) is 0 Å². The highest BCUT2D eigenvalue weighted by atomic mass is 15.5. The lowest BCUT2D eigenvalue weighted by Gasteiger charge is -2.32. The maximum absolute atomic E-state index is 9.13. The molecule has 1 fully saturated rings. The fourth-order valence-electron chi connectivity index (χ4n) is 2.61. The first-order chi connectivity index (χ1) is 9.86. The Morgan fingerprint density at radius 2 is 2.25 bits per heavy atom. The highest BCUT2D eigenvalue weighted by Crippen LogP contribution is 2.25. The van der Waals surface area contributed by atoms with Gasteiger partial charge in [-0.1, -0.05) is 5.21 Å². The third-order valence-electron chi connectivity index (χ3n) is 3.68. The second kappa shape index (κ2) is 5.65. The third-order valence-corrected chi connectivity index (χ3v) is 3.68. The van der Waals surface area contributed by atoms with Crippen molar-refractivity contribution in [1.82, 2.24) is 25.6 Å². The fourth-order valence-corrected chi connectivity index (χ4v) is 2.61. The smallest absolute Gasteiger partial charge is 0.174 e. The second-order valence-corrected chi connectivity index (χ2v) is 4.95. The van der Waals surface area contributed by atoms with Crippen LogP contribution in [0.3, 0.4) is 0 Å². The molecular weight excluding hydrogens is 254 g/mol. The van der Waals surface area contributed by atoms with Crippen LogP contribution in [-0.2, 0) is 6.42 Å². The molecule has 0 atom stereocenters. The Balaban J connectivity index is 1.62. The lowest BCUT2D eigenvalue weighted by atomic mass is 9.93. The van der Waals surface area contributed by atoms with Crippen LogP contribution in [0.5, 0.6) is 0 Å². The minimum absolute atomic E-state index is 0.568. The zero-order valence-corrected chi connectivity index (χ0v) is 11.0. The Labute approximate surface area is 116 Å². The van der Waals surface area contributed by atoms with Gasteiger partial charge in [-0.05, 0) is 30.9 Å². The summed E-state index contributed by atoms with van der Waals surface area (Å²) >= 11 is 0. The molecule has 0 unspecified atom stereocenters. The van der Waals surface area contributed by atoms with Gasteiger partial charge in [0.2, 0.25) is 0 Å². The summed E-state index contributed by atoms with van der Waals surface area (Å²) < 4.78 is 0. The van der Waals surface area contributed by atoms with Crippen LogP contribution in [0.15, 0.2) is 18.3 Å². The Hall–Kier alpha value is -2.49. The molecule has 102 valence electrons. The van der Waals surface area contributed by atoms with Crippen molar-refractivity contribution in [2.24, 2.45) is 5.92 Å². The van der Waals surface area contributed by atoms with Gasteiger partial charge in [-0.3, -0.25) is 0 Å². The Kier molecular flexibility index (Phi) is 3.54. The molecule has 7 heteroatoms. The van der Waals surface area contributed by atoms with Crippen LogP contribution in [-0.4, -0.2) is 38.7 Å². The molecule has 0 spiro atoms. The molecule has 2 aromatic heterocycles. The van der Waals surface area contributed by atoms with Gasteiger partial charge in [0.1, 0.15) is 11.9 Å². The van der Waals surface area contributed by atoms with E-state index < -0.39 is 0 Å². The number of H-pyrrole nitrogens is 1. The second-order valence-electron chi connectivity index (χ2n) is 4.95. The first-order valence-electron chi connectivity index (χ1n) is 6.69. The number of tetrazole rings is 1. The van der Waals surface area contributed by atoms with Gasteiger partial charge in [0.15, 0.2) is 5.82 Å². The molecule has 0 aromatic carbocycles. The van der Waals surface area contributed by atoms with Gasteiger partial charge >= 0.3 is 0 Å². The number of hydrogen-bond donors (Lipinski definition) is 1. The van der Waals surface area contributed by atoms with E-state index in [1.54, 1.807) is 12.3 Å². The van der Waals surface area contributed by atoms with Gasteiger partial charge in [-0.25, -0.2) is 4.98 Å². The topological polar surface area (TPSA) is 94.4 Å². The van der Waals surface area contributed by atoms with E-state index in [0.29, 0.717) is 11.5 Å². The van der Waals surface area contributed by atoms with E-state index in [0.717, 1.165) is 44.0 Å². The SMILES string of the molecule is N#Cc1cccnc1N1CCC(Cc2nn[nH]n2)CC1. The van der Waals surface area contributed by atoms with E-state index in [4.69, 9.17) is 5.26 Å². The highest BCUT2D eigenvalue weighted by Gasteiger charge is 2.23. The summed E-state index contributed by atoms with van der Waals surface area (Å²) in [5, 5.41) is 23.2. The van der Waals surface area contributed by atoms with E-state index in [1.807, 2.05) is 6.07 Å². The van der Waals surface area contributed by atoms with Crippen LogP contribution < -0.4 is 4.90 Å². The van der Waals surface area contributed by atoms with Crippen molar-refractivity contribution in [3.8, 4) is 6.07 Å². The van der Waals surface area contributed by atoms with Gasteiger partial charge in [-0.2, -0.15) is 10.5 Å². The molecule has 0 saturated carbocycles. The first-order valence-corrected chi connectivity index (χ1v) is 6.69. The highest BCUT2D eigenvalue weighted by molar-refractivity contribution is 5.53. The molecule has 20 heavy (non-hydrogen) atoms. The van der Waals surface area contributed by atoms with E-state index in [1.165, 1.54) is 0 Å². The standard InChI is InChI=1S/C13H15N7/c14-9-11-2-1-5-15-13(11)20-6-3-10(4-7-20)8-12-16-18-19-17-12/h1-2,5,10H,3-4,6-8H2,(H,16,17,18,19). The lowest BCUT2D eigenvalue weighted by molar-refractivity contribution is 0.395. The molecule has 1 aliphatic heterocycles. The number of hydrogen-bond acceptors (Lipinski definition) is 6. The van der Waals surface area contributed by atoms with Crippen LogP contribution in [0.2, 0.25) is 0 Å². The van der Waals surface area contributed by atoms with E-state index in [-0.39, 0.29) is 0 Å². The van der Waals surface area contributed by atoms with Crippen LogP contribution >= 0.6 is 0 Å². The predicted octanol–water partition coefficient (Wildman–Crippen LogP) is 0.925. The number of rotatable bonds is 3. The van der Waals surface area contributed by atoms with Gasteiger partial charge in [0.25, 0.3) is 0 Å². The number of pyridine rings is 1. The molecule has 2 aromatic rings. The summed E-state index contributed by atoms with van der Waals surface area (Å²) in [6.45, 7) is 1.82. The van der Waals surface area contributed by atoms with Crippen molar-refractivity contribution >= 4 is 5.82 Å². The molecule has 0 bridgehead atoms. The summed E-state index contributed by atoms with van der Waals surface area (Å²) in [7, 11) is 0. The van der Waals surface area contributed by atoms with Crippen molar-refractivity contribution in [3.05, 3.63) is 29.7 Å².